The predicted octanol–water partition coefficient (Wildman–Crippen LogP) is 1.57. The van der Waals surface area contributed by atoms with Gasteiger partial charge in [-0.05, 0) is 14.1 Å². The van der Waals surface area contributed by atoms with Gasteiger partial charge in [-0.2, -0.15) is 0 Å². The molecule has 0 rings (SSSR count). The average Bonchev–Trinajstić information content (AvgIpc) is 1.90. The van der Waals surface area contributed by atoms with Crippen molar-refractivity contribution in [1.29, 1.82) is 0 Å². The smallest absolute Gasteiger partial charge is 0.0649 e. The highest BCUT2D eigenvalue weighted by molar-refractivity contribution is 7.10. The monoisotopic (exact) mass is 216 g/mol. The Labute approximate surface area is 81.1 Å². The summed E-state index contributed by atoms with van der Waals surface area (Å²) < 4.78 is 9.46. The highest BCUT2D eigenvalue weighted by Gasteiger charge is 2.00. The molecule has 0 saturated carbocycles. The van der Waals surface area contributed by atoms with E-state index in [4.69, 9.17) is 9.25 Å². The lowest BCUT2D eigenvalue weighted by Gasteiger charge is -2.17. The van der Waals surface area contributed by atoms with Crippen LogP contribution in [0, 0.1) is 0 Å². The highest BCUT2D eigenvalue weighted by atomic mass is 31.0. The summed E-state index contributed by atoms with van der Waals surface area (Å²) in [4.78, 5) is 2.04. The summed E-state index contributed by atoms with van der Waals surface area (Å²) in [6.45, 7) is 1.60. The highest BCUT2D eigenvalue weighted by Crippen LogP contribution is 2.01. The molecule has 0 aliphatic heterocycles. The Morgan fingerprint density at radius 2 is 1.42 bits per heavy atom. The molecule has 0 spiro atoms. The van der Waals surface area contributed by atoms with Crippen molar-refractivity contribution in [3.05, 3.63) is 0 Å². The van der Waals surface area contributed by atoms with Gasteiger partial charge in [-0.25, -0.2) is 0 Å². The largest absolute Gasteiger partial charge is 0.308 e. The Morgan fingerprint density at radius 3 is 1.67 bits per heavy atom. The maximum Gasteiger partial charge on any atom is 0.0649 e. The first-order valence-electron chi connectivity index (χ1n) is 2.86. The maximum absolute atomic E-state index is 4.73. The van der Waals surface area contributed by atoms with Gasteiger partial charge in [0.1, 0.15) is 0 Å². The van der Waals surface area contributed by atoms with Gasteiger partial charge in [0.25, 0.3) is 0 Å². The van der Waals surface area contributed by atoms with Crippen LogP contribution in [0.5, 0.6) is 0 Å². The van der Waals surface area contributed by atoms with E-state index < -0.39 is 0 Å². The molecule has 0 saturated heterocycles. The third-order valence-electron chi connectivity index (χ3n) is 0.965. The summed E-state index contributed by atoms with van der Waals surface area (Å²) in [7, 11) is 8.21. The third-order valence-corrected chi connectivity index (χ3v) is 1.44. The van der Waals surface area contributed by atoms with Gasteiger partial charge in [-0.1, -0.05) is 20.1 Å². The molecule has 0 amide bonds. The number of likely N-dealkylation sites (N-methyl/N-ethyl adjacent to an activating group) is 1. The molecule has 0 radical (unpaired) electrons. The van der Waals surface area contributed by atoms with Crippen molar-refractivity contribution < 1.29 is 9.25 Å². The lowest BCUT2D eigenvalue weighted by molar-refractivity contribution is -0.239. The molecule has 0 bridgehead atoms. The van der Waals surface area contributed by atoms with Crippen LogP contribution in [0.1, 0.15) is 14.9 Å². The molecular formula is C6H22N2O2P2. The van der Waals surface area contributed by atoms with Gasteiger partial charge in [0.05, 0.1) is 6.54 Å². The number of hydrogen-bond acceptors (Lipinski definition) is 4. The van der Waals surface area contributed by atoms with Gasteiger partial charge >= 0.3 is 0 Å². The SMILES string of the molecule is C.C.CN(C)CCN(OP)OP. The molecule has 78 valence electrons. The van der Waals surface area contributed by atoms with Crippen molar-refractivity contribution >= 4 is 18.9 Å². The van der Waals surface area contributed by atoms with E-state index in [0.717, 1.165) is 6.54 Å². The van der Waals surface area contributed by atoms with Crippen molar-refractivity contribution in [3.8, 4) is 0 Å². The molecule has 0 aromatic heterocycles. The molecule has 0 heterocycles. The molecule has 0 aliphatic rings. The minimum atomic E-state index is 0. The fourth-order valence-corrected chi connectivity index (χ4v) is 0.821. The van der Waals surface area contributed by atoms with Crippen LogP contribution in [0.25, 0.3) is 0 Å². The zero-order valence-corrected chi connectivity index (χ0v) is 8.59. The van der Waals surface area contributed by atoms with Crippen molar-refractivity contribution in [2.75, 3.05) is 27.2 Å². The fourth-order valence-electron chi connectivity index (χ4n) is 0.412. The van der Waals surface area contributed by atoms with Crippen molar-refractivity contribution in [2.24, 2.45) is 0 Å². The molecule has 2 unspecified atom stereocenters. The molecule has 0 fully saturated rings. The molecular weight excluding hydrogens is 194 g/mol. The minimum Gasteiger partial charge on any atom is -0.308 e. The van der Waals surface area contributed by atoms with E-state index in [0.29, 0.717) is 6.54 Å². The first-order chi connectivity index (χ1) is 4.70. The van der Waals surface area contributed by atoms with E-state index in [-0.39, 0.29) is 14.9 Å². The van der Waals surface area contributed by atoms with Gasteiger partial charge in [0.15, 0.2) is 0 Å². The van der Waals surface area contributed by atoms with Crippen molar-refractivity contribution in [2.45, 2.75) is 14.9 Å². The lowest BCUT2D eigenvalue weighted by Crippen LogP contribution is -2.27. The lowest BCUT2D eigenvalue weighted by atomic mass is 10.6. The summed E-state index contributed by atoms with van der Waals surface area (Å²) in [5.41, 5.74) is 0. The van der Waals surface area contributed by atoms with Crippen LogP contribution >= 0.6 is 18.9 Å². The van der Waals surface area contributed by atoms with E-state index in [1.807, 2.05) is 19.0 Å². The quantitative estimate of drug-likeness (QED) is 0.514. The molecule has 6 heteroatoms. The summed E-state index contributed by atoms with van der Waals surface area (Å²) >= 11 is 0. The van der Waals surface area contributed by atoms with E-state index in [2.05, 4.69) is 18.9 Å². The van der Waals surface area contributed by atoms with Crippen LogP contribution in [0.15, 0.2) is 0 Å². The number of rotatable bonds is 5. The topological polar surface area (TPSA) is 24.9 Å². The second-order valence-electron chi connectivity index (χ2n) is 2.07. The van der Waals surface area contributed by atoms with Gasteiger partial charge < -0.3 is 4.90 Å². The van der Waals surface area contributed by atoms with E-state index in [1.165, 1.54) is 5.23 Å². The maximum atomic E-state index is 4.73. The van der Waals surface area contributed by atoms with Crippen LogP contribution in [-0.2, 0) is 9.25 Å². The summed E-state index contributed by atoms with van der Waals surface area (Å²) in [5.74, 6) is 0. The van der Waals surface area contributed by atoms with Crippen LogP contribution in [0.3, 0.4) is 0 Å². The Hall–Kier alpha value is 0.700. The predicted molar refractivity (Wildman–Crippen MR) is 60.3 cm³/mol. The zero-order valence-electron chi connectivity index (χ0n) is 6.28. The molecule has 2 atom stereocenters. The van der Waals surface area contributed by atoms with Gasteiger partial charge in [0.2, 0.25) is 0 Å². The zero-order chi connectivity index (χ0) is 7.98. The second kappa shape index (κ2) is 11.7. The molecule has 12 heavy (non-hydrogen) atoms. The molecule has 4 nitrogen and oxygen atoms in total. The fraction of sp³-hybridized carbons (Fsp3) is 1.00. The van der Waals surface area contributed by atoms with Crippen LogP contribution in [-0.4, -0.2) is 37.3 Å². The average molecular weight is 216 g/mol. The Kier molecular flexibility index (Phi) is 18.0. The van der Waals surface area contributed by atoms with E-state index >= 15 is 0 Å². The summed E-state index contributed by atoms with van der Waals surface area (Å²) in [5, 5.41) is 1.36. The molecule has 0 aromatic carbocycles. The van der Waals surface area contributed by atoms with E-state index in [1.54, 1.807) is 0 Å². The second-order valence-corrected chi connectivity index (χ2v) is 2.49. The van der Waals surface area contributed by atoms with Crippen LogP contribution < -0.4 is 0 Å². The minimum absolute atomic E-state index is 0. The number of hydrogen-bond donors (Lipinski definition) is 0. The first kappa shape index (κ1) is 18.5. The van der Waals surface area contributed by atoms with Gasteiger partial charge in [0, 0.05) is 25.5 Å². The van der Waals surface area contributed by atoms with Crippen LogP contribution in [0.2, 0.25) is 0 Å². The molecule has 0 aliphatic carbocycles. The standard InChI is InChI=1S/C4H14N2O2P2.2CH4/c1-5(2)3-4-6(7-9)8-10;;/h3-4,9-10H2,1-2H3;2*1H4. The molecule has 0 aromatic rings. The Bertz CT molecular complexity index is 81.9. The van der Waals surface area contributed by atoms with Gasteiger partial charge in [-0.3, -0.25) is 9.25 Å². The van der Waals surface area contributed by atoms with Crippen molar-refractivity contribution in [3.63, 3.8) is 0 Å². The van der Waals surface area contributed by atoms with Crippen molar-refractivity contribution in [1.82, 2.24) is 10.1 Å². The van der Waals surface area contributed by atoms with Crippen LogP contribution in [0.4, 0.5) is 0 Å². The Morgan fingerprint density at radius 1 is 1.00 bits per heavy atom. The third kappa shape index (κ3) is 10.7. The summed E-state index contributed by atoms with van der Waals surface area (Å²) in [6, 6.07) is 0. The normalized spacial score (nSPS) is 9.50. The number of hydroxylamine groups is 2. The number of nitrogens with zero attached hydrogens (tertiary/aromatic N) is 2. The molecule has 0 N–H and O–H groups in total. The van der Waals surface area contributed by atoms with E-state index in [9.17, 15) is 0 Å². The Balaban J connectivity index is -0.000000405. The van der Waals surface area contributed by atoms with Gasteiger partial charge in [-0.15, -0.1) is 0 Å². The first-order valence-corrected chi connectivity index (χ1v) is 3.81. The summed E-state index contributed by atoms with van der Waals surface area (Å²) in [6.07, 6.45) is 0.